The number of benzene rings is 2. The first kappa shape index (κ1) is 26.0. The van der Waals surface area contributed by atoms with Crippen molar-refractivity contribution in [2.45, 2.75) is 6.42 Å². The summed E-state index contributed by atoms with van der Waals surface area (Å²) >= 11 is 0. The van der Waals surface area contributed by atoms with Gasteiger partial charge in [-0.25, -0.2) is 16.8 Å². The zero-order chi connectivity index (χ0) is 21.5. The molecule has 0 aliphatic carbocycles. The van der Waals surface area contributed by atoms with Gasteiger partial charge < -0.3 is 9.64 Å². The van der Waals surface area contributed by atoms with E-state index in [0.29, 0.717) is 30.3 Å². The number of anilines is 2. The number of rotatable bonds is 11. The van der Waals surface area contributed by atoms with E-state index >= 15 is 0 Å². The Morgan fingerprint density at radius 2 is 1.47 bits per heavy atom. The average molecular weight is 478 g/mol. The standard InChI is InChI=1S/C19H27N3O5S2.ClH/c1-22(13-12-16-8-10-17(11-9-16)20-28(2,23)24)14-15-27-19-7-5-4-6-18(19)21-29(3,25)26;/h4-11,20-21H,12-15H2,1-3H3;1H. The summed E-state index contributed by atoms with van der Waals surface area (Å²) in [6, 6.07) is 14.2. The molecule has 8 nitrogen and oxygen atoms in total. The summed E-state index contributed by atoms with van der Waals surface area (Å²) in [5, 5.41) is 0. The van der Waals surface area contributed by atoms with Gasteiger partial charge in [0.15, 0.2) is 0 Å². The van der Waals surface area contributed by atoms with Crippen molar-refractivity contribution in [3.63, 3.8) is 0 Å². The van der Waals surface area contributed by atoms with Crippen LogP contribution in [0.15, 0.2) is 48.5 Å². The van der Waals surface area contributed by atoms with Crippen molar-refractivity contribution in [1.29, 1.82) is 0 Å². The van der Waals surface area contributed by atoms with Crippen LogP contribution in [0.3, 0.4) is 0 Å². The minimum Gasteiger partial charge on any atom is -0.490 e. The maximum absolute atomic E-state index is 11.4. The monoisotopic (exact) mass is 477 g/mol. The lowest BCUT2D eigenvalue weighted by Gasteiger charge is -2.18. The van der Waals surface area contributed by atoms with Crippen LogP contribution in [0.1, 0.15) is 5.56 Å². The van der Waals surface area contributed by atoms with Crippen molar-refractivity contribution in [1.82, 2.24) is 4.90 Å². The number of nitrogens with one attached hydrogen (secondary N) is 2. The van der Waals surface area contributed by atoms with E-state index in [4.69, 9.17) is 4.74 Å². The number of ether oxygens (including phenoxy) is 1. The first-order valence-corrected chi connectivity index (χ1v) is 12.7. The fraction of sp³-hybridized carbons (Fsp3) is 0.368. The Balaban J connectivity index is 0.00000450. The Labute approximate surface area is 185 Å². The third-order valence-electron chi connectivity index (χ3n) is 3.95. The van der Waals surface area contributed by atoms with Gasteiger partial charge in [-0.05, 0) is 43.3 Å². The van der Waals surface area contributed by atoms with Gasteiger partial charge in [-0.15, -0.1) is 12.4 Å². The smallest absolute Gasteiger partial charge is 0.229 e. The highest BCUT2D eigenvalue weighted by atomic mass is 35.5. The second-order valence-corrected chi connectivity index (χ2v) is 10.3. The minimum atomic E-state index is -3.37. The lowest BCUT2D eigenvalue weighted by molar-refractivity contribution is 0.239. The van der Waals surface area contributed by atoms with Gasteiger partial charge in [-0.3, -0.25) is 9.44 Å². The van der Waals surface area contributed by atoms with Crippen molar-refractivity contribution < 1.29 is 21.6 Å². The minimum absolute atomic E-state index is 0. The quantitative estimate of drug-likeness (QED) is 0.515. The summed E-state index contributed by atoms with van der Waals surface area (Å²) in [4.78, 5) is 2.11. The van der Waals surface area contributed by atoms with Gasteiger partial charge in [0.2, 0.25) is 20.0 Å². The van der Waals surface area contributed by atoms with Crippen LogP contribution in [0.5, 0.6) is 5.75 Å². The van der Waals surface area contributed by atoms with Crippen LogP contribution in [-0.4, -0.2) is 61.0 Å². The van der Waals surface area contributed by atoms with Crippen LogP contribution in [0, 0.1) is 0 Å². The maximum atomic E-state index is 11.4. The van der Waals surface area contributed by atoms with Crippen molar-refractivity contribution >= 4 is 43.8 Å². The largest absolute Gasteiger partial charge is 0.490 e. The van der Waals surface area contributed by atoms with E-state index in [1.54, 1.807) is 36.4 Å². The lowest BCUT2D eigenvalue weighted by Crippen LogP contribution is -2.26. The maximum Gasteiger partial charge on any atom is 0.229 e. The molecule has 0 atom stereocenters. The van der Waals surface area contributed by atoms with Crippen LogP contribution in [0.4, 0.5) is 11.4 Å². The molecule has 2 N–H and O–H groups in total. The Hall–Kier alpha value is -2.01. The summed E-state index contributed by atoms with van der Waals surface area (Å²) < 4.78 is 55.9. The van der Waals surface area contributed by atoms with Gasteiger partial charge in [0, 0.05) is 18.8 Å². The molecular weight excluding hydrogens is 450 g/mol. The molecule has 0 aliphatic rings. The average Bonchev–Trinajstić information content (AvgIpc) is 2.60. The van der Waals surface area contributed by atoms with E-state index in [0.717, 1.165) is 31.0 Å². The molecule has 0 fully saturated rings. The third-order valence-corrected chi connectivity index (χ3v) is 5.15. The fourth-order valence-corrected chi connectivity index (χ4v) is 3.71. The number of hydrogen-bond acceptors (Lipinski definition) is 6. The molecule has 2 aromatic carbocycles. The summed E-state index contributed by atoms with van der Waals surface area (Å²) in [6.45, 7) is 1.88. The van der Waals surface area contributed by atoms with Gasteiger partial charge in [-0.1, -0.05) is 24.3 Å². The van der Waals surface area contributed by atoms with Crippen LogP contribution < -0.4 is 14.2 Å². The summed E-state index contributed by atoms with van der Waals surface area (Å²) in [5.41, 5.74) is 2.05. The van der Waals surface area contributed by atoms with Crippen LogP contribution in [0.2, 0.25) is 0 Å². The number of nitrogens with zero attached hydrogens (tertiary/aromatic N) is 1. The van der Waals surface area contributed by atoms with Gasteiger partial charge >= 0.3 is 0 Å². The molecular formula is C19H28ClN3O5S2. The van der Waals surface area contributed by atoms with Gasteiger partial charge in [0.1, 0.15) is 12.4 Å². The van der Waals surface area contributed by atoms with Crippen molar-refractivity contribution in [2.75, 3.05) is 48.7 Å². The molecule has 0 saturated heterocycles. The fourth-order valence-electron chi connectivity index (χ4n) is 2.57. The van der Waals surface area contributed by atoms with E-state index in [9.17, 15) is 16.8 Å². The lowest BCUT2D eigenvalue weighted by atomic mass is 10.1. The van der Waals surface area contributed by atoms with E-state index in [2.05, 4.69) is 14.3 Å². The Bertz CT molecular complexity index is 1010. The third kappa shape index (κ3) is 10.1. The molecule has 0 aliphatic heterocycles. The predicted molar refractivity (Wildman–Crippen MR) is 124 cm³/mol. The normalized spacial score (nSPS) is 11.6. The first-order valence-electron chi connectivity index (χ1n) is 8.97. The van der Waals surface area contributed by atoms with Gasteiger partial charge in [-0.2, -0.15) is 0 Å². The van der Waals surface area contributed by atoms with Crippen LogP contribution in [0.25, 0.3) is 0 Å². The summed E-state index contributed by atoms with van der Waals surface area (Å²) in [7, 11) is -4.67. The highest BCUT2D eigenvalue weighted by molar-refractivity contribution is 7.92. The zero-order valence-electron chi connectivity index (χ0n) is 17.2. The molecule has 0 amide bonds. The Morgan fingerprint density at radius 1 is 0.867 bits per heavy atom. The second kappa shape index (κ2) is 11.4. The van der Waals surface area contributed by atoms with Crippen LogP contribution in [-0.2, 0) is 26.5 Å². The van der Waals surface area contributed by atoms with E-state index in [1.165, 1.54) is 0 Å². The molecule has 0 aromatic heterocycles. The second-order valence-electron chi connectivity index (χ2n) is 6.84. The van der Waals surface area contributed by atoms with E-state index in [1.807, 2.05) is 19.2 Å². The SMILES string of the molecule is CN(CCOc1ccccc1NS(C)(=O)=O)CCc1ccc(NS(C)(=O)=O)cc1.Cl. The number of sulfonamides is 2. The topological polar surface area (TPSA) is 105 Å². The Morgan fingerprint density at radius 3 is 2.07 bits per heavy atom. The number of halogens is 1. The molecule has 0 radical (unpaired) electrons. The van der Waals surface area contributed by atoms with Crippen molar-refractivity contribution in [2.24, 2.45) is 0 Å². The highest BCUT2D eigenvalue weighted by Crippen LogP contribution is 2.24. The number of likely N-dealkylation sites (N-methyl/N-ethyl adjacent to an activating group) is 1. The molecule has 0 bridgehead atoms. The summed E-state index contributed by atoms with van der Waals surface area (Å²) in [6.07, 6.45) is 3.02. The zero-order valence-corrected chi connectivity index (χ0v) is 19.6. The number of para-hydroxylation sites is 2. The molecule has 2 rings (SSSR count). The molecule has 0 heterocycles. The van der Waals surface area contributed by atoms with Gasteiger partial charge in [0.25, 0.3) is 0 Å². The molecule has 2 aromatic rings. The highest BCUT2D eigenvalue weighted by Gasteiger charge is 2.08. The van der Waals surface area contributed by atoms with Crippen LogP contribution >= 0.6 is 12.4 Å². The first-order chi connectivity index (χ1) is 13.5. The predicted octanol–water partition coefficient (Wildman–Crippen LogP) is 2.40. The van der Waals surface area contributed by atoms with Crippen molar-refractivity contribution in [3.8, 4) is 5.75 Å². The van der Waals surface area contributed by atoms with Gasteiger partial charge in [0.05, 0.1) is 18.2 Å². The summed E-state index contributed by atoms with van der Waals surface area (Å²) in [5.74, 6) is 0.486. The number of hydrogen-bond donors (Lipinski definition) is 2. The van der Waals surface area contributed by atoms with E-state index in [-0.39, 0.29) is 12.4 Å². The molecule has 0 saturated carbocycles. The molecule has 30 heavy (non-hydrogen) atoms. The molecule has 168 valence electrons. The molecule has 0 spiro atoms. The Kier molecular flexibility index (Phi) is 9.89. The van der Waals surface area contributed by atoms with E-state index < -0.39 is 20.0 Å². The molecule has 0 unspecified atom stereocenters. The van der Waals surface area contributed by atoms with Crippen molar-refractivity contribution in [3.05, 3.63) is 54.1 Å². The molecule has 11 heteroatoms.